The average molecular weight is 410 g/mol. The Bertz CT molecular complexity index is 871. The SMILES string of the molecule is O=C1N[C@](Cc2ccccc2)(c2ccccc2)C(=O)N1C[C@@H](O)C[NH+]1CCOCC1. The summed E-state index contributed by atoms with van der Waals surface area (Å²) >= 11 is 0. The Balaban J connectivity index is 1.56. The first-order chi connectivity index (χ1) is 14.6. The molecule has 3 amide bonds. The lowest BCUT2D eigenvalue weighted by molar-refractivity contribution is -0.910. The van der Waals surface area contributed by atoms with E-state index in [1.54, 1.807) is 0 Å². The molecule has 30 heavy (non-hydrogen) atoms. The van der Waals surface area contributed by atoms with Gasteiger partial charge in [0, 0.05) is 6.42 Å². The number of carbonyl (C=O) groups excluding carboxylic acids is 2. The van der Waals surface area contributed by atoms with Crippen LogP contribution in [0.15, 0.2) is 60.7 Å². The van der Waals surface area contributed by atoms with Crippen molar-refractivity contribution in [3.05, 3.63) is 71.8 Å². The lowest BCUT2D eigenvalue weighted by Crippen LogP contribution is -3.15. The number of urea groups is 1. The molecule has 2 aliphatic heterocycles. The molecular weight excluding hydrogens is 382 g/mol. The van der Waals surface area contributed by atoms with Crippen LogP contribution in [0.25, 0.3) is 0 Å². The lowest BCUT2D eigenvalue weighted by atomic mass is 9.83. The molecule has 3 N–H and O–H groups in total. The van der Waals surface area contributed by atoms with Gasteiger partial charge in [-0.25, -0.2) is 4.79 Å². The van der Waals surface area contributed by atoms with Crippen molar-refractivity contribution >= 4 is 11.9 Å². The highest BCUT2D eigenvalue weighted by Gasteiger charge is 2.52. The number of imide groups is 1. The summed E-state index contributed by atoms with van der Waals surface area (Å²) in [5.74, 6) is -0.321. The van der Waals surface area contributed by atoms with E-state index in [0.29, 0.717) is 26.2 Å². The monoisotopic (exact) mass is 410 g/mol. The van der Waals surface area contributed by atoms with Crippen molar-refractivity contribution in [2.24, 2.45) is 0 Å². The second-order valence-electron chi connectivity index (χ2n) is 8.00. The van der Waals surface area contributed by atoms with Crippen LogP contribution in [0.4, 0.5) is 4.79 Å². The molecule has 0 radical (unpaired) electrons. The van der Waals surface area contributed by atoms with Gasteiger partial charge in [-0.05, 0) is 11.1 Å². The maximum atomic E-state index is 13.6. The molecule has 0 aliphatic carbocycles. The number of carbonyl (C=O) groups is 2. The van der Waals surface area contributed by atoms with Crippen molar-refractivity contribution in [2.45, 2.75) is 18.1 Å². The Morgan fingerprint density at radius 1 is 1.03 bits per heavy atom. The second-order valence-corrected chi connectivity index (χ2v) is 8.00. The van der Waals surface area contributed by atoms with E-state index in [0.717, 1.165) is 24.2 Å². The number of benzene rings is 2. The molecular formula is C23H28N3O4+. The van der Waals surface area contributed by atoms with Crippen LogP contribution in [0.1, 0.15) is 11.1 Å². The van der Waals surface area contributed by atoms with E-state index in [1.807, 2.05) is 60.7 Å². The van der Waals surface area contributed by atoms with E-state index >= 15 is 0 Å². The number of morpholine rings is 1. The van der Waals surface area contributed by atoms with Gasteiger partial charge in [0.1, 0.15) is 25.7 Å². The van der Waals surface area contributed by atoms with Gasteiger partial charge in [0.05, 0.1) is 19.8 Å². The fourth-order valence-corrected chi connectivity index (χ4v) is 4.31. The van der Waals surface area contributed by atoms with Crippen molar-refractivity contribution in [3.8, 4) is 0 Å². The Labute approximate surface area is 176 Å². The fraction of sp³-hybridized carbons (Fsp3) is 0.391. The van der Waals surface area contributed by atoms with Gasteiger partial charge in [0.25, 0.3) is 5.91 Å². The quantitative estimate of drug-likeness (QED) is 0.559. The molecule has 2 atom stereocenters. The van der Waals surface area contributed by atoms with Gasteiger partial charge in [-0.3, -0.25) is 9.69 Å². The molecule has 2 fully saturated rings. The van der Waals surface area contributed by atoms with Crippen LogP contribution in [-0.4, -0.2) is 67.4 Å². The molecule has 2 aromatic carbocycles. The smallest absolute Gasteiger partial charge is 0.325 e. The molecule has 2 aromatic rings. The third-order valence-corrected chi connectivity index (χ3v) is 5.87. The summed E-state index contributed by atoms with van der Waals surface area (Å²) in [5, 5.41) is 13.5. The first kappa shape index (κ1) is 20.5. The van der Waals surface area contributed by atoms with Crippen molar-refractivity contribution < 1.29 is 24.3 Å². The minimum absolute atomic E-state index is 0.0155. The summed E-state index contributed by atoms with van der Waals surface area (Å²) in [4.78, 5) is 28.8. The molecule has 158 valence electrons. The summed E-state index contributed by atoms with van der Waals surface area (Å²) in [6.07, 6.45) is -0.430. The molecule has 2 aliphatic rings. The topological polar surface area (TPSA) is 83.3 Å². The van der Waals surface area contributed by atoms with Crippen LogP contribution >= 0.6 is 0 Å². The van der Waals surface area contributed by atoms with Crippen LogP contribution in [0.2, 0.25) is 0 Å². The Morgan fingerprint density at radius 3 is 2.33 bits per heavy atom. The van der Waals surface area contributed by atoms with Crippen LogP contribution in [0.5, 0.6) is 0 Å². The molecule has 0 bridgehead atoms. The average Bonchev–Trinajstić information content (AvgIpc) is 3.01. The number of nitrogens with one attached hydrogen (secondary N) is 2. The van der Waals surface area contributed by atoms with E-state index < -0.39 is 17.7 Å². The predicted octanol–water partition coefficient (Wildman–Crippen LogP) is -0.0476. The number of hydrogen-bond donors (Lipinski definition) is 3. The van der Waals surface area contributed by atoms with Crippen LogP contribution in [-0.2, 0) is 21.5 Å². The van der Waals surface area contributed by atoms with Crippen LogP contribution < -0.4 is 10.2 Å². The van der Waals surface area contributed by atoms with Crippen molar-refractivity contribution in [1.82, 2.24) is 10.2 Å². The Kier molecular flexibility index (Phi) is 6.13. The molecule has 2 saturated heterocycles. The van der Waals surface area contributed by atoms with E-state index in [2.05, 4.69) is 5.32 Å². The molecule has 0 unspecified atom stereocenters. The Morgan fingerprint density at radius 2 is 1.67 bits per heavy atom. The minimum Gasteiger partial charge on any atom is -0.385 e. The van der Waals surface area contributed by atoms with Gasteiger partial charge in [0.2, 0.25) is 0 Å². The number of aliphatic hydroxyl groups is 1. The largest absolute Gasteiger partial charge is 0.385 e. The summed E-state index contributed by atoms with van der Waals surface area (Å²) in [5.41, 5.74) is 0.517. The first-order valence-electron chi connectivity index (χ1n) is 10.4. The standard InChI is InChI=1S/C23H27N3O4/c27-20(16-25-11-13-30-14-12-25)17-26-21(28)23(24-22(26)29,19-9-5-2-6-10-19)15-18-7-3-1-4-8-18/h1-10,20,27H,11-17H2,(H,24,29)/p+1/t20-,23+/m0/s1. The van der Waals surface area contributed by atoms with E-state index in [1.165, 1.54) is 9.80 Å². The molecule has 2 heterocycles. The summed E-state index contributed by atoms with van der Waals surface area (Å²) in [6.45, 7) is 3.44. The summed E-state index contributed by atoms with van der Waals surface area (Å²) in [7, 11) is 0. The number of rotatable bonds is 7. The second kappa shape index (κ2) is 8.95. The van der Waals surface area contributed by atoms with Gasteiger partial charge in [-0.15, -0.1) is 0 Å². The van der Waals surface area contributed by atoms with E-state index in [9.17, 15) is 14.7 Å². The number of hydrogen-bond acceptors (Lipinski definition) is 4. The molecule has 7 nitrogen and oxygen atoms in total. The number of ether oxygens (including phenoxy) is 1. The fourth-order valence-electron chi connectivity index (χ4n) is 4.31. The zero-order valence-corrected chi connectivity index (χ0v) is 16.9. The third-order valence-electron chi connectivity index (χ3n) is 5.87. The van der Waals surface area contributed by atoms with Gasteiger partial charge in [-0.1, -0.05) is 60.7 Å². The Hall–Kier alpha value is -2.74. The molecule has 0 aromatic heterocycles. The van der Waals surface area contributed by atoms with E-state index in [-0.39, 0.29) is 12.5 Å². The maximum Gasteiger partial charge on any atom is 0.325 e. The van der Waals surface area contributed by atoms with E-state index in [4.69, 9.17) is 4.74 Å². The van der Waals surface area contributed by atoms with Gasteiger partial charge in [0.15, 0.2) is 5.54 Å². The number of aliphatic hydroxyl groups excluding tert-OH is 1. The van der Waals surface area contributed by atoms with Gasteiger partial charge >= 0.3 is 6.03 Å². The zero-order chi connectivity index (χ0) is 21.0. The third kappa shape index (κ3) is 4.23. The minimum atomic E-state index is -1.18. The number of amides is 3. The summed E-state index contributed by atoms with van der Waals surface area (Å²) in [6, 6.07) is 18.5. The van der Waals surface area contributed by atoms with Gasteiger partial charge in [-0.2, -0.15) is 0 Å². The number of nitrogens with zero attached hydrogens (tertiary/aromatic N) is 1. The molecule has 4 rings (SSSR count). The maximum absolute atomic E-state index is 13.6. The molecule has 7 heteroatoms. The highest BCUT2D eigenvalue weighted by Crippen LogP contribution is 2.33. The zero-order valence-electron chi connectivity index (χ0n) is 16.9. The molecule has 0 spiro atoms. The van der Waals surface area contributed by atoms with Crippen molar-refractivity contribution in [2.75, 3.05) is 39.4 Å². The number of quaternary nitrogens is 1. The molecule has 0 saturated carbocycles. The highest BCUT2D eigenvalue weighted by molar-refractivity contribution is 6.07. The normalized spacial score (nSPS) is 23.4. The lowest BCUT2D eigenvalue weighted by Gasteiger charge is -2.29. The predicted molar refractivity (Wildman–Crippen MR) is 111 cm³/mol. The van der Waals surface area contributed by atoms with Crippen LogP contribution in [0.3, 0.4) is 0 Å². The number of β-amino-alcohol motifs (C(OH)–C–C–N with tert-alkyl or cyclic N) is 1. The van der Waals surface area contributed by atoms with Crippen molar-refractivity contribution in [1.29, 1.82) is 0 Å². The summed E-state index contributed by atoms with van der Waals surface area (Å²) < 4.78 is 5.35. The van der Waals surface area contributed by atoms with Gasteiger partial charge < -0.3 is 20.1 Å². The first-order valence-corrected chi connectivity index (χ1v) is 10.4. The van der Waals surface area contributed by atoms with Crippen LogP contribution in [0, 0.1) is 0 Å². The van der Waals surface area contributed by atoms with Crippen molar-refractivity contribution in [3.63, 3.8) is 0 Å². The highest BCUT2D eigenvalue weighted by atomic mass is 16.5.